The fourth-order valence-electron chi connectivity index (χ4n) is 2.52. The first-order valence-corrected chi connectivity index (χ1v) is 6.57. The molecule has 0 unspecified atom stereocenters. The molecule has 0 aliphatic carbocycles. The summed E-state index contributed by atoms with van der Waals surface area (Å²) in [6, 6.07) is 5.94. The predicted molar refractivity (Wildman–Crippen MR) is 80.4 cm³/mol. The van der Waals surface area contributed by atoms with Crippen molar-refractivity contribution < 1.29 is 0 Å². The summed E-state index contributed by atoms with van der Waals surface area (Å²) in [5, 5.41) is 8.66. The second-order valence-corrected chi connectivity index (χ2v) is 4.89. The quantitative estimate of drug-likeness (QED) is 0.588. The number of anilines is 2. The molecule has 2 N–H and O–H groups in total. The third-order valence-corrected chi connectivity index (χ3v) is 3.48. The minimum atomic E-state index is 0.754. The number of aryl methyl sites for hydroxylation is 2. The van der Waals surface area contributed by atoms with Crippen LogP contribution in [0.2, 0.25) is 0 Å². The average molecular weight is 279 g/mol. The van der Waals surface area contributed by atoms with Gasteiger partial charge in [0.25, 0.3) is 0 Å². The lowest BCUT2D eigenvalue weighted by Gasteiger charge is -2.06. The van der Waals surface area contributed by atoms with Crippen LogP contribution in [-0.4, -0.2) is 29.7 Å². The van der Waals surface area contributed by atoms with Gasteiger partial charge in [-0.3, -0.25) is 4.68 Å². The fraction of sp³-hybridized carbons (Fsp3) is 0.143. The van der Waals surface area contributed by atoms with Crippen molar-refractivity contribution in [1.82, 2.24) is 29.7 Å². The highest BCUT2D eigenvalue weighted by atomic mass is 15.3. The Morgan fingerprint density at radius 3 is 3.00 bits per heavy atom. The van der Waals surface area contributed by atoms with Crippen LogP contribution in [0.15, 0.2) is 30.9 Å². The molecular weight excluding hydrogens is 266 g/mol. The molecule has 7 nitrogen and oxygen atoms in total. The Morgan fingerprint density at radius 2 is 2.10 bits per heavy atom. The van der Waals surface area contributed by atoms with E-state index in [9.17, 15) is 0 Å². The van der Waals surface area contributed by atoms with Crippen molar-refractivity contribution in [3.05, 3.63) is 36.5 Å². The van der Waals surface area contributed by atoms with E-state index in [0.29, 0.717) is 0 Å². The maximum absolute atomic E-state index is 4.39. The van der Waals surface area contributed by atoms with Gasteiger partial charge in [-0.2, -0.15) is 5.10 Å². The molecule has 3 aromatic heterocycles. The van der Waals surface area contributed by atoms with E-state index >= 15 is 0 Å². The third kappa shape index (κ3) is 1.82. The van der Waals surface area contributed by atoms with Crippen molar-refractivity contribution in [3.63, 3.8) is 0 Å². The zero-order valence-electron chi connectivity index (χ0n) is 11.6. The first-order valence-electron chi connectivity index (χ1n) is 6.57. The molecule has 0 spiro atoms. The molecule has 0 aliphatic rings. The summed E-state index contributed by atoms with van der Waals surface area (Å²) in [5.74, 6) is 0.754. The van der Waals surface area contributed by atoms with Gasteiger partial charge in [0.1, 0.15) is 12.1 Å². The van der Waals surface area contributed by atoms with E-state index in [4.69, 9.17) is 0 Å². The molecule has 4 rings (SSSR count). The van der Waals surface area contributed by atoms with E-state index < -0.39 is 0 Å². The van der Waals surface area contributed by atoms with E-state index in [1.807, 2.05) is 32.2 Å². The molecule has 0 amide bonds. The molecule has 0 fully saturated rings. The second kappa shape index (κ2) is 4.27. The van der Waals surface area contributed by atoms with Gasteiger partial charge in [0.15, 0.2) is 5.65 Å². The maximum Gasteiger partial charge on any atom is 0.163 e. The molecule has 0 saturated heterocycles. The lowest BCUT2D eigenvalue weighted by molar-refractivity contribution is 0.773. The molecule has 1 aromatic carbocycles. The summed E-state index contributed by atoms with van der Waals surface area (Å²) in [6.07, 6.45) is 3.23. The van der Waals surface area contributed by atoms with Gasteiger partial charge in [-0.1, -0.05) is 0 Å². The Labute approximate surface area is 120 Å². The van der Waals surface area contributed by atoms with Crippen LogP contribution in [0, 0.1) is 6.92 Å². The van der Waals surface area contributed by atoms with Crippen LogP contribution in [0.5, 0.6) is 0 Å². The zero-order chi connectivity index (χ0) is 14.4. The Balaban J connectivity index is 1.83. The van der Waals surface area contributed by atoms with Crippen molar-refractivity contribution in [2.75, 3.05) is 5.32 Å². The van der Waals surface area contributed by atoms with Gasteiger partial charge in [0.2, 0.25) is 0 Å². The number of imidazole rings is 1. The first kappa shape index (κ1) is 11.8. The number of fused-ring (bicyclic) bond motifs is 2. The predicted octanol–water partition coefficient (Wildman–Crippen LogP) is 2.29. The molecule has 0 radical (unpaired) electrons. The summed E-state index contributed by atoms with van der Waals surface area (Å²) in [4.78, 5) is 15.9. The number of rotatable bonds is 2. The number of nitrogens with one attached hydrogen (secondary N) is 2. The highest BCUT2D eigenvalue weighted by Gasteiger charge is 2.12. The number of hydrogen-bond donors (Lipinski definition) is 2. The summed E-state index contributed by atoms with van der Waals surface area (Å²) in [5.41, 5.74) is 4.57. The first-order chi connectivity index (χ1) is 10.2. The van der Waals surface area contributed by atoms with Gasteiger partial charge in [0, 0.05) is 12.7 Å². The number of benzene rings is 1. The van der Waals surface area contributed by atoms with E-state index in [0.717, 1.165) is 39.3 Å². The minimum Gasteiger partial charge on any atom is -0.345 e. The molecule has 104 valence electrons. The molecule has 21 heavy (non-hydrogen) atoms. The van der Waals surface area contributed by atoms with Gasteiger partial charge in [-0.05, 0) is 25.1 Å². The lowest BCUT2D eigenvalue weighted by Crippen LogP contribution is -1.97. The van der Waals surface area contributed by atoms with Gasteiger partial charge in [0.05, 0.1) is 28.4 Å². The van der Waals surface area contributed by atoms with Crippen LogP contribution >= 0.6 is 0 Å². The Morgan fingerprint density at radius 1 is 1.19 bits per heavy atom. The van der Waals surface area contributed by atoms with Crippen LogP contribution in [-0.2, 0) is 7.05 Å². The van der Waals surface area contributed by atoms with Crippen molar-refractivity contribution >= 4 is 33.6 Å². The van der Waals surface area contributed by atoms with Crippen LogP contribution in [0.1, 0.15) is 5.69 Å². The number of aromatic nitrogens is 6. The van der Waals surface area contributed by atoms with Crippen molar-refractivity contribution in [1.29, 1.82) is 0 Å². The molecule has 3 heterocycles. The van der Waals surface area contributed by atoms with E-state index in [2.05, 4.69) is 30.4 Å². The average Bonchev–Trinajstić information content (AvgIpc) is 3.04. The van der Waals surface area contributed by atoms with Crippen molar-refractivity contribution in [3.8, 4) is 0 Å². The van der Waals surface area contributed by atoms with Crippen LogP contribution < -0.4 is 5.32 Å². The zero-order valence-corrected chi connectivity index (χ0v) is 11.6. The minimum absolute atomic E-state index is 0.754. The highest BCUT2D eigenvalue weighted by Crippen LogP contribution is 2.26. The van der Waals surface area contributed by atoms with Crippen molar-refractivity contribution in [2.45, 2.75) is 6.92 Å². The van der Waals surface area contributed by atoms with Crippen LogP contribution in [0.3, 0.4) is 0 Å². The topological polar surface area (TPSA) is 84.3 Å². The van der Waals surface area contributed by atoms with E-state index in [1.165, 1.54) is 0 Å². The molecule has 4 aromatic rings. The van der Waals surface area contributed by atoms with Crippen molar-refractivity contribution in [2.24, 2.45) is 7.05 Å². The normalized spacial score (nSPS) is 11.3. The lowest BCUT2D eigenvalue weighted by atomic mass is 10.2. The number of hydrogen-bond acceptors (Lipinski definition) is 5. The molecule has 7 heteroatoms. The molecule has 0 bridgehead atoms. The summed E-state index contributed by atoms with van der Waals surface area (Å²) in [7, 11) is 1.88. The summed E-state index contributed by atoms with van der Waals surface area (Å²) < 4.78 is 1.76. The maximum atomic E-state index is 4.39. The number of aromatic amines is 1. The summed E-state index contributed by atoms with van der Waals surface area (Å²) in [6.45, 7) is 1.95. The number of H-pyrrole nitrogens is 1. The summed E-state index contributed by atoms with van der Waals surface area (Å²) >= 11 is 0. The standard InChI is InChI=1S/C14H13N7/c1-8-12-13(17-7-18-14(12)21(2)20-8)19-9-3-4-10-11(5-9)16-6-15-10/h3-7H,1-2H3,(H,15,16)(H,17,18,19). The Kier molecular flexibility index (Phi) is 2.41. The smallest absolute Gasteiger partial charge is 0.163 e. The highest BCUT2D eigenvalue weighted by molar-refractivity contribution is 5.91. The van der Waals surface area contributed by atoms with Gasteiger partial charge in [-0.15, -0.1) is 0 Å². The van der Waals surface area contributed by atoms with Crippen LogP contribution in [0.4, 0.5) is 11.5 Å². The van der Waals surface area contributed by atoms with Crippen LogP contribution in [0.25, 0.3) is 22.1 Å². The Bertz CT molecular complexity index is 950. The van der Waals surface area contributed by atoms with E-state index in [1.54, 1.807) is 17.3 Å². The Hall–Kier alpha value is -2.96. The SMILES string of the molecule is Cc1nn(C)c2ncnc(Nc3ccc4nc[nH]c4c3)c12. The number of nitrogens with zero attached hydrogens (tertiary/aromatic N) is 5. The largest absolute Gasteiger partial charge is 0.345 e. The molecule has 0 aliphatic heterocycles. The fourth-order valence-corrected chi connectivity index (χ4v) is 2.52. The van der Waals surface area contributed by atoms with Gasteiger partial charge in [-0.25, -0.2) is 15.0 Å². The molecule has 0 saturated carbocycles. The monoisotopic (exact) mass is 279 g/mol. The van der Waals surface area contributed by atoms with Gasteiger partial charge >= 0.3 is 0 Å². The second-order valence-electron chi connectivity index (χ2n) is 4.89. The third-order valence-electron chi connectivity index (χ3n) is 3.48. The molecular formula is C14H13N7. The molecule has 0 atom stereocenters. The van der Waals surface area contributed by atoms with E-state index in [-0.39, 0.29) is 0 Å². The van der Waals surface area contributed by atoms with Gasteiger partial charge < -0.3 is 10.3 Å².